The third-order valence-corrected chi connectivity index (χ3v) is 5.22. The number of nitrogens with zero attached hydrogens (tertiary/aromatic N) is 3. The molecule has 0 saturated carbocycles. The molecule has 142 valence electrons. The highest BCUT2D eigenvalue weighted by molar-refractivity contribution is 7.92. The summed E-state index contributed by atoms with van der Waals surface area (Å²) in [5.41, 5.74) is -0.667. The normalized spacial score (nSPS) is 15.9. The number of alkyl halides is 3. The van der Waals surface area contributed by atoms with Crippen molar-refractivity contribution in [1.29, 1.82) is 0 Å². The maximum atomic E-state index is 13.1. The molecule has 2 aromatic rings. The molecule has 26 heavy (non-hydrogen) atoms. The molecular formula is C15H17F3N4O3S. The first-order chi connectivity index (χ1) is 12.2. The number of ether oxygens (including phenoxy) is 1. The number of hydrogen-bond acceptors (Lipinski definition) is 5. The summed E-state index contributed by atoms with van der Waals surface area (Å²) in [6.45, 7) is 2.09. The van der Waals surface area contributed by atoms with Gasteiger partial charge in [-0.2, -0.15) is 18.3 Å². The van der Waals surface area contributed by atoms with E-state index in [1.165, 1.54) is 13.1 Å². The number of benzene rings is 1. The molecule has 1 aliphatic heterocycles. The van der Waals surface area contributed by atoms with Gasteiger partial charge in [0.2, 0.25) is 0 Å². The minimum atomic E-state index is -4.88. The first-order valence-electron chi connectivity index (χ1n) is 7.74. The van der Waals surface area contributed by atoms with Crippen molar-refractivity contribution in [3.63, 3.8) is 0 Å². The zero-order chi connectivity index (χ0) is 18.9. The highest BCUT2D eigenvalue weighted by Crippen LogP contribution is 2.35. The minimum absolute atomic E-state index is 0.200. The van der Waals surface area contributed by atoms with Crippen molar-refractivity contribution in [2.75, 3.05) is 35.9 Å². The standard InChI is InChI=1S/C15H17F3N4O3S/c1-21-10-13(14(19-21)15(16,17)18)26(23,24)20-11-4-2-3-5-12(11)22-6-8-25-9-7-22/h2-5,10,20H,6-9H2,1H3. The van der Waals surface area contributed by atoms with E-state index in [0.717, 1.165) is 10.9 Å². The van der Waals surface area contributed by atoms with Gasteiger partial charge in [0.15, 0.2) is 5.69 Å². The Bertz CT molecular complexity index is 890. The van der Waals surface area contributed by atoms with Crippen LogP contribution in [-0.4, -0.2) is 44.5 Å². The van der Waals surface area contributed by atoms with E-state index in [4.69, 9.17) is 4.74 Å². The molecule has 1 aliphatic rings. The van der Waals surface area contributed by atoms with Crippen molar-refractivity contribution in [3.8, 4) is 0 Å². The average molecular weight is 390 g/mol. The molecule has 0 spiro atoms. The molecule has 0 bridgehead atoms. The molecular weight excluding hydrogens is 373 g/mol. The Balaban J connectivity index is 1.97. The van der Waals surface area contributed by atoms with Crippen molar-refractivity contribution < 1.29 is 26.3 Å². The molecule has 0 radical (unpaired) electrons. The van der Waals surface area contributed by atoms with Gasteiger partial charge in [0, 0.05) is 26.3 Å². The molecule has 0 aliphatic carbocycles. The monoisotopic (exact) mass is 390 g/mol. The number of morpholine rings is 1. The van der Waals surface area contributed by atoms with Gasteiger partial charge in [0.05, 0.1) is 24.6 Å². The smallest absolute Gasteiger partial charge is 0.378 e. The van der Waals surface area contributed by atoms with Gasteiger partial charge in [-0.1, -0.05) is 12.1 Å². The van der Waals surface area contributed by atoms with Gasteiger partial charge in [-0.15, -0.1) is 0 Å². The van der Waals surface area contributed by atoms with E-state index in [0.29, 0.717) is 32.0 Å². The van der Waals surface area contributed by atoms with Crippen LogP contribution in [0.15, 0.2) is 35.4 Å². The molecule has 1 saturated heterocycles. The third kappa shape index (κ3) is 3.78. The van der Waals surface area contributed by atoms with E-state index in [9.17, 15) is 21.6 Å². The van der Waals surface area contributed by atoms with Crippen LogP contribution in [0.3, 0.4) is 0 Å². The predicted octanol–water partition coefficient (Wildman–Crippen LogP) is 2.08. The van der Waals surface area contributed by atoms with Gasteiger partial charge in [0.1, 0.15) is 4.90 Å². The summed E-state index contributed by atoms with van der Waals surface area (Å²) in [6.07, 6.45) is -4.04. The van der Waals surface area contributed by atoms with Crippen LogP contribution in [0.25, 0.3) is 0 Å². The van der Waals surface area contributed by atoms with Crippen molar-refractivity contribution in [3.05, 3.63) is 36.2 Å². The van der Waals surface area contributed by atoms with Crippen molar-refractivity contribution in [2.45, 2.75) is 11.1 Å². The lowest BCUT2D eigenvalue weighted by Crippen LogP contribution is -2.36. The molecule has 11 heteroatoms. The van der Waals surface area contributed by atoms with E-state index in [1.54, 1.807) is 18.2 Å². The van der Waals surface area contributed by atoms with Gasteiger partial charge in [-0.05, 0) is 12.1 Å². The van der Waals surface area contributed by atoms with Crippen LogP contribution in [-0.2, 0) is 28.0 Å². The first kappa shape index (κ1) is 18.5. The molecule has 1 aromatic carbocycles. The van der Waals surface area contributed by atoms with Gasteiger partial charge in [0.25, 0.3) is 10.0 Å². The molecule has 2 heterocycles. The Labute approximate surface area is 148 Å². The van der Waals surface area contributed by atoms with Crippen LogP contribution in [0.5, 0.6) is 0 Å². The SMILES string of the molecule is Cn1cc(S(=O)(=O)Nc2ccccc2N2CCOCC2)c(C(F)(F)F)n1. The number of nitrogens with one attached hydrogen (secondary N) is 1. The molecule has 7 nitrogen and oxygen atoms in total. The van der Waals surface area contributed by atoms with Crippen molar-refractivity contribution >= 4 is 21.4 Å². The topological polar surface area (TPSA) is 76.5 Å². The second-order valence-electron chi connectivity index (χ2n) is 5.74. The quantitative estimate of drug-likeness (QED) is 0.865. The maximum Gasteiger partial charge on any atom is 0.436 e. The first-order valence-corrected chi connectivity index (χ1v) is 9.22. The van der Waals surface area contributed by atoms with Crippen LogP contribution in [0.2, 0.25) is 0 Å². The summed E-state index contributed by atoms with van der Waals surface area (Å²) in [5.74, 6) is 0. The number of anilines is 2. The molecule has 1 aromatic heterocycles. The maximum absolute atomic E-state index is 13.1. The van der Waals surface area contributed by atoms with E-state index in [2.05, 4.69) is 9.82 Å². The molecule has 0 atom stereocenters. The Hall–Kier alpha value is -2.27. The molecule has 1 N–H and O–H groups in total. The van der Waals surface area contributed by atoms with Gasteiger partial charge in [-0.25, -0.2) is 8.42 Å². The fraction of sp³-hybridized carbons (Fsp3) is 0.400. The van der Waals surface area contributed by atoms with Gasteiger partial charge in [-0.3, -0.25) is 9.40 Å². The van der Waals surface area contributed by atoms with E-state index < -0.39 is 26.8 Å². The highest BCUT2D eigenvalue weighted by atomic mass is 32.2. The number of rotatable bonds is 4. The Morgan fingerprint density at radius 2 is 1.85 bits per heavy atom. The molecule has 3 rings (SSSR count). The predicted molar refractivity (Wildman–Crippen MR) is 88.5 cm³/mol. The zero-order valence-electron chi connectivity index (χ0n) is 13.8. The minimum Gasteiger partial charge on any atom is -0.378 e. The van der Waals surface area contributed by atoms with Gasteiger partial charge >= 0.3 is 6.18 Å². The average Bonchev–Trinajstić information content (AvgIpc) is 2.99. The lowest BCUT2D eigenvalue weighted by atomic mass is 10.2. The van der Waals surface area contributed by atoms with Crippen LogP contribution >= 0.6 is 0 Å². The zero-order valence-corrected chi connectivity index (χ0v) is 14.6. The fourth-order valence-electron chi connectivity index (χ4n) is 2.70. The van der Waals surface area contributed by atoms with Crippen LogP contribution < -0.4 is 9.62 Å². The lowest BCUT2D eigenvalue weighted by Gasteiger charge is -2.30. The largest absolute Gasteiger partial charge is 0.436 e. The lowest BCUT2D eigenvalue weighted by molar-refractivity contribution is -0.143. The highest BCUT2D eigenvalue weighted by Gasteiger charge is 2.41. The number of hydrogen-bond donors (Lipinski definition) is 1. The second-order valence-corrected chi connectivity index (χ2v) is 7.39. The Morgan fingerprint density at radius 3 is 2.50 bits per heavy atom. The van der Waals surface area contributed by atoms with Crippen LogP contribution in [0.4, 0.5) is 24.5 Å². The van der Waals surface area contributed by atoms with Crippen molar-refractivity contribution in [2.24, 2.45) is 7.05 Å². The number of halogens is 3. The Kier molecular flexibility index (Phi) is 4.84. The molecule has 0 amide bonds. The summed E-state index contributed by atoms with van der Waals surface area (Å²) in [6, 6.07) is 6.55. The summed E-state index contributed by atoms with van der Waals surface area (Å²) in [7, 11) is -3.25. The van der Waals surface area contributed by atoms with Crippen LogP contribution in [0, 0.1) is 0 Å². The number of sulfonamides is 1. The number of para-hydroxylation sites is 2. The molecule has 1 fully saturated rings. The summed E-state index contributed by atoms with van der Waals surface area (Å²) in [4.78, 5) is 0.999. The Morgan fingerprint density at radius 1 is 1.19 bits per heavy atom. The van der Waals surface area contributed by atoms with Crippen LogP contribution in [0.1, 0.15) is 5.69 Å². The number of aryl methyl sites for hydroxylation is 1. The molecule has 0 unspecified atom stereocenters. The summed E-state index contributed by atoms with van der Waals surface area (Å²) in [5, 5.41) is 3.25. The second kappa shape index (κ2) is 6.80. The van der Waals surface area contributed by atoms with E-state index in [1.807, 2.05) is 4.90 Å². The van der Waals surface area contributed by atoms with Crippen molar-refractivity contribution in [1.82, 2.24) is 9.78 Å². The summed E-state index contributed by atoms with van der Waals surface area (Å²) >= 11 is 0. The third-order valence-electron chi connectivity index (χ3n) is 3.85. The number of aromatic nitrogens is 2. The van der Waals surface area contributed by atoms with E-state index in [-0.39, 0.29) is 5.69 Å². The van der Waals surface area contributed by atoms with E-state index >= 15 is 0 Å². The fourth-order valence-corrected chi connectivity index (χ4v) is 3.97. The summed E-state index contributed by atoms with van der Waals surface area (Å²) < 4.78 is 72.9. The van der Waals surface area contributed by atoms with Gasteiger partial charge < -0.3 is 9.64 Å².